The van der Waals surface area contributed by atoms with Crippen LogP contribution >= 0.6 is 11.6 Å². The van der Waals surface area contributed by atoms with Crippen LogP contribution in [-0.4, -0.2) is 30.8 Å². The number of hydrogen-bond acceptors (Lipinski definition) is 3. The lowest BCUT2D eigenvalue weighted by Crippen LogP contribution is -2.37. The van der Waals surface area contributed by atoms with E-state index >= 15 is 0 Å². The van der Waals surface area contributed by atoms with Gasteiger partial charge in [0.05, 0.1) is 5.69 Å². The smallest absolute Gasteiger partial charge is 0.268 e. The first-order chi connectivity index (χ1) is 8.51. The fourth-order valence-electron chi connectivity index (χ4n) is 1.52. The molecule has 1 rings (SSSR count). The summed E-state index contributed by atoms with van der Waals surface area (Å²) in [6.45, 7) is 4.85. The average Bonchev–Trinajstić information content (AvgIpc) is 2.32. The maximum atomic E-state index is 12.2. The van der Waals surface area contributed by atoms with Crippen LogP contribution in [0.2, 0.25) is 5.15 Å². The van der Waals surface area contributed by atoms with E-state index in [2.05, 4.69) is 9.71 Å². The van der Waals surface area contributed by atoms with Crippen molar-refractivity contribution in [3.63, 3.8) is 0 Å². The highest BCUT2D eigenvalue weighted by molar-refractivity contribution is 7.90. The van der Waals surface area contributed by atoms with Crippen LogP contribution in [0, 0.1) is 0 Å². The van der Waals surface area contributed by atoms with Crippen LogP contribution < -0.4 is 4.72 Å². The Morgan fingerprint density at radius 1 is 1.33 bits per heavy atom. The second kappa shape index (κ2) is 6.92. The van der Waals surface area contributed by atoms with E-state index in [0.717, 1.165) is 12.8 Å². The first-order valence-corrected chi connectivity index (χ1v) is 7.71. The van der Waals surface area contributed by atoms with Crippen molar-refractivity contribution in [3.05, 3.63) is 23.5 Å². The van der Waals surface area contributed by atoms with E-state index in [1.807, 2.05) is 13.8 Å². The number of nitrogens with zero attached hydrogens (tertiary/aromatic N) is 2. The Kier molecular flexibility index (Phi) is 5.84. The van der Waals surface area contributed by atoms with Crippen molar-refractivity contribution in [2.45, 2.75) is 26.7 Å². The number of pyridine rings is 1. The third-order valence-electron chi connectivity index (χ3n) is 2.28. The summed E-state index contributed by atoms with van der Waals surface area (Å²) >= 11 is 5.83. The minimum absolute atomic E-state index is 0.147. The van der Waals surface area contributed by atoms with Gasteiger partial charge in [0.1, 0.15) is 0 Å². The van der Waals surface area contributed by atoms with Gasteiger partial charge in [-0.05, 0) is 25.0 Å². The molecule has 102 valence electrons. The lowest BCUT2D eigenvalue weighted by atomic mass is 10.4. The van der Waals surface area contributed by atoms with Crippen molar-refractivity contribution in [3.8, 4) is 0 Å². The zero-order chi connectivity index (χ0) is 13.6. The molecule has 0 fully saturated rings. The zero-order valence-electron chi connectivity index (χ0n) is 10.6. The molecule has 0 amide bonds. The summed E-state index contributed by atoms with van der Waals surface area (Å²) in [4.78, 5) is 3.83. The topological polar surface area (TPSA) is 62.3 Å². The lowest BCUT2D eigenvalue weighted by Gasteiger charge is -2.21. The summed E-state index contributed by atoms with van der Waals surface area (Å²) < 4.78 is 28.2. The van der Waals surface area contributed by atoms with Gasteiger partial charge in [-0.1, -0.05) is 25.4 Å². The van der Waals surface area contributed by atoms with Crippen LogP contribution in [0.25, 0.3) is 0 Å². The lowest BCUT2D eigenvalue weighted by molar-refractivity contribution is 0.413. The van der Waals surface area contributed by atoms with Crippen molar-refractivity contribution >= 4 is 27.5 Å². The molecule has 7 heteroatoms. The third kappa shape index (κ3) is 4.12. The normalized spacial score (nSPS) is 11.8. The fourth-order valence-corrected chi connectivity index (χ4v) is 3.16. The molecule has 0 aliphatic carbocycles. The van der Waals surface area contributed by atoms with Gasteiger partial charge in [0.15, 0.2) is 5.15 Å². The Morgan fingerprint density at radius 2 is 1.94 bits per heavy atom. The van der Waals surface area contributed by atoms with Crippen molar-refractivity contribution in [2.24, 2.45) is 0 Å². The molecule has 1 aromatic rings. The van der Waals surface area contributed by atoms with Gasteiger partial charge < -0.3 is 0 Å². The number of anilines is 1. The minimum Gasteiger partial charge on any atom is -0.268 e. The monoisotopic (exact) mass is 291 g/mol. The molecule has 0 saturated heterocycles. The number of halogens is 1. The van der Waals surface area contributed by atoms with Gasteiger partial charge in [-0.25, -0.2) is 4.98 Å². The van der Waals surface area contributed by atoms with Crippen LogP contribution in [0.15, 0.2) is 18.3 Å². The highest BCUT2D eigenvalue weighted by atomic mass is 35.5. The quantitative estimate of drug-likeness (QED) is 0.785. The molecule has 1 N–H and O–H groups in total. The second-order valence-corrected chi connectivity index (χ2v) is 5.88. The summed E-state index contributed by atoms with van der Waals surface area (Å²) in [7, 11) is -3.56. The number of nitrogens with one attached hydrogen (secondary N) is 1. The highest BCUT2D eigenvalue weighted by Gasteiger charge is 2.21. The van der Waals surface area contributed by atoms with E-state index in [9.17, 15) is 8.42 Å². The Morgan fingerprint density at radius 3 is 2.44 bits per heavy atom. The molecule has 18 heavy (non-hydrogen) atoms. The van der Waals surface area contributed by atoms with Gasteiger partial charge in [-0.15, -0.1) is 0 Å². The van der Waals surface area contributed by atoms with Crippen molar-refractivity contribution in [1.29, 1.82) is 0 Å². The van der Waals surface area contributed by atoms with Crippen LogP contribution in [0.4, 0.5) is 5.69 Å². The molecule has 1 heterocycles. The standard InChI is InChI=1S/C11H18ClN3O2S/c1-3-8-15(9-4-2)18(16,17)14-10-6-5-7-13-11(10)12/h5-7,14H,3-4,8-9H2,1-2H3. The molecular formula is C11H18ClN3O2S. The summed E-state index contributed by atoms with van der Waals surface area (Å²) in [5.74, 6) is 0. The van der Waals surface area contributed by atoms with Crippen molar-refractivity contribution < 1.29 is 8.42 Å². The molecular weight excluding hydrogens is 274 g/mol. The first kappa shape index (κ1) is 15.2. The molecule has 0 spiro atoms. The van der Waals surface area contributed by atoms with E-state index in [1.54, 1.807) is 12.1 Å². The van der Waals surface area contributed by atoms with Crippen molar-refractivity contribution in [2.75, 3.05) is 17.8 Å². The van der Waals surface area contributed by atoms with Gasteiger partial charge in [-0.2, -0.15) is 12.7 Å². The van der Waals surface area contributed by atoms with E-state index < -0.39 is 10.2 Å². The SMILES string of the molecule is CCCN(CCC)S(=O)(=O)Nc1cccnc1Cl. The predicted octanol–water partition coefficient (Wildman–Crippen LogP) is 2.51. The maximum Gasteiger partial charge on any atom is 0.301 e. The van der Waals surface area contributed by atoms with Gasteiger partial charge >= 0.3 is 10.2 Å². The zero-order valence-corrected chi connectivity index (χ0v) is 12.1. The molecule has 0 aliphatic rings. The van der Waals surface area contributed by atoms with E-state index in [1.165, 1.54) is 10.5 Å². The molecule has 0 aliphatic heterocycles. The predicted molar refractivity (Wildman–Crippen MR) is 73.9 cm³/mol. The number of aromatic nitrogens is 1. The van der Waals surface area contributed by atoms with Crippen molar-refractivity contribution in [1.82, 2.24) is 9.29 Å². The molecule has 0 bridgehead atoms. The molecule has 0 unspecified atom stereocenters. The Balaban J connectivity index is 2.89. The number of hydrogen-bond donors (Lipinski definition) is 1. The van der Waals surface area contributed by atoms with Gasteiger partial charge in [0.2, 0.25) is 0 Å². The summed E-state index contributed by atoms with van der Waals surface area (Å²) in [6, 6.07) is 3.22. The fraction of sp³-hybridized carbons (Fsp3) is 0.545. The van der Waals surface area contributed by atoms with E-state index in [0.29, 0.717) is 18.8 Å². The van der Waals surface area contributed by atoms with E-state index in [-0.39, 0.29) is 5.15 Å². The van der Waals surface area contributed by atoms with Crippen LogP contribution in [0.3, 0.4) is 0 Å². The van der Waals surface area contributed by atoms with Gasteiger partial charge in [-0.3, -0.25) is 4.72 Å². The maximum absolute atomic E-state index is 12.2. The molecule has 0 aromatic carbocycles. The highest BCUT2D eigenvalue weighted by Crippen LogP contribution is 2.20. The first-order valence-electron chi connectivity index (χ1n) is 5.89. The number of rotatable bonds is 7. The third-order valence-corrected chi connectivity index (χ3v) is 4.11. The Hall–Kier alpha value is -0.850. The van der Waals surface area contributed by atoms with Gasteiger partial charge in [0.25, 0.3) is 0 Å². The van der Waals surface area contributed by atoms with Gasteiger partial charge in [0, 0.05) is 19.3 Å². The molecule has 5 nitrogen and oxygen atoms in total. The minimum atomic E-state index is -3.56. The summed E-state index contributed by atoms with van der Waals surface area (Å²) in [5.41, 5.74) is 0.302. The summed E-state index contributed by atoms with van der Waals surface area (Å²) in [6.07, 6.45) is 3.04. The molecule has 1 aromatic heterocycles. The Bertz CT molecular complexity index is 473. The Labute approximate surface area is 113 Å². The van der Waals surface area contributed by atoms with Crippen LogP contribution in [-0.2, 0) is 10.2 Å². The largest absolute Gasteiger partial charge is 0.301 e. The average molecular weight is 292 g/mol. The second-order valence-electron chi connectivity index (χ2n) is 3.85. The van der Waals surface area contributed by atoms with Crippen LogP contribution in [0.5, 0.6) is 0 Å². The molecule has 0 saturated carbocycles. The molecule has 0 radical (unpaired) electrons. The summed E-state index contributed by atoms with van der Waals surface area (Å²) in [5, 5.41) is 0.147. The molecule has 0 atom stereocenters. The van der Waals surface area contributed by atoms with Crippen LogP contribution in [0.1, 0.15) is 26.7 Å². The van der Waals surface area contributed by atoms with E-state index in [4.69, 9.17) is 11.6 Å².